The van der Waals surface area contributed by atoms with Crippen molar-refractivity contribution in [2.75, 3.05) is 13.7 Å². The maximum atomic E-state index is 12.1. The van der Waals surface area contributed by atoms with Gasteiger partial charge in [0.05, 0.1) is 23.8 Å². The van der Waals surface area contributed by atoms with E-state index in [-0.39, 0.29) is 0 Å². The Balaban J connectivity index is 2.10. The molecule has 110 valence electrons. The van der Waals surface area contributed by atoms with Crippen molar-refractivity contribution in [3.8, 4) is 17.2 Å². The second-order valence-electron chi connectivity index (χ2n) is 4.14. The third-order valence-corrected chi connectivity index (χ3v) is 3.36. The van der Waals surface area contributed by atoms with E-state index in [1.165, 1.54) is 0 Å². The van der Waals surface area contributed by atoms with E-state index < -0.39 is 5.97 Å². The van der Waals surface area contributed by atoms with Crippen LogP contribution in [0, 0.1) is 0 Å². The van der Waals surface area contributed by atoms with Crippen LogP contribution in [0.4, 0.5) is 0 Å². The van der Waals surface area contributed by atoms with Crippen LogP contribution in [0.3, 0.4) is 0 Å². The minimum Gasteiger partial charge on any atom is -0.497 e. The highest BCUT2D eigenvalue weighted by atomic mass is 79.9. The molecule has 2 aromatic rings. The summed E-state index contributed by atoms with van der Waals surface area (Å²) in [6.45, 7) is 2.46. The van der Waals surface area contributed by atoms with Gasteiger partial charge in [-0.25, -0.2) is 4.79 Å². The lowest BCUT2D eigenvalue weighted by Crippen LogP contribution is -2.08. The minimum atomic E-state index is -0.427. The molecule has 2 aromatic carbocycles. The first-order valence-electron chi connectivity index (χ1n) is 6.42. The van der Waals surface area contributed by atoms with Crippen LogP contribution in [0.2, 0.25) is 0 Å². The SMILES string of the molecule is CCOc1ccc(C(=O)Oc2ccc(OC)cc2)cc1Br. The normalized spacial score (nSPS) is 10.0. The van der Waals surface area contributed by atoms with Gasteiger partial charge in [-0.05, 0) is 65.3 Å². The quantitative estimate of drug-likeness (QED) is 0.602. The summed E-state index contributed by atoms with van der Waals surface area (Å²) in [5.74, 6) is 1.44. The Kier molecular flexibility index (Phi) is 5.22. The summed E-state index contributed by atoms with van der Waals surface area (Å²) < 4.78 is 16.5. The monoisotopic (exact) mass is 350 g/mol. The molecular formula is C16H15BrO4. The fourth-order valence-electron chi connectivity index (χ4n) is 1.71. The molecule has 0 heterocycles. The van der Waals surface area contributed by atoms with Gasteiger partial charge in [0.2, 0.25) is 0 Å². The Morgan fingerprint density at radius 1 is 1.10 bits per heavy atom. The van der Waals surface area contributed by atoms with Gasteiger partial charge in [-0.2, -0.15) is 0 Å². The van der Waals surface area contributed by atoms with Crippen LogP contribution < -0.4 is 14.2 Å². The predicted octanol–water partition coefficient (Wildman–Crippen LogP) is 4.08. The zero-order valence-corrected chi connectivity index (χ0v) is 13.3. The van der Waals surface area contributed by atoms with Crippen molar-refractivity contribution in [2.45, 2.75) is 6.92 Å². The average molecular weight is 351 g/mol. The van der Waals surface area contributed by atoms with Crippen molar-refractivity contribution in [2.24, 2.45) is 0 Å². The first-order chi connectivity index (χ1) is 10.1. The lowest BCUT2D eigenvalue weighted by molar-refractivity contribution is 0.0734. The number of rotatable bonds is 5. The zero-order chi connectivity index (χ0) is 15.2. The minimum absolute atomic E-state index is 0.427. The van der Waals surface area contributed by atoms with Crippen molar-refractivity contribution in [3.05, 3.63) is 52.5 Å². The van der Waals surface area contributed by atoms with Crippen LogP contribution in [0.5, 0.6) is 17.2 Å². The summed E-state index contributed by atoms with van der Waals surface area (Å²) in [4.78, 5) is 12.1. The summed E-state index contributed by atoms with van der Waals surface area (Å²) >= 11 is 3.37. The molecule has 0 saturated carbocycles. The van der Waals surface area contributed by atoms with Crippen molar-refractivity contribution in [3.63, 3.8) is 0 Å². The summed E-state index contributed by atoms with van der Waals surface area (Å²) in [5, 5.41) is 0. The highest BCUT2D eigenvalue weighted by molar-refractivity contribution is 9.10. The Hall–Kier alpha value is -2.01. The van der Waals surface area contributed by atoms with Gasteiger partial charge < -0.3 is 14.2 Å². The molecule has 21 heavy (non-hydrogen) atoms. The number of carbonyl (C=O) groups excluding carboxylic acids is 1. The van der Waals surface area contributed by atoms with E-state index in [9.17, 15) is 4.79 Å². The summed E-state index contributed by atoms with van der Waals surface area (Å²) in [6.07, 6.45) is 0. The molecule has 0 unspecified atom stereocenters. The Bertz CT molecular complexity index is 623. The third-order valence-electron chi connectivity index (χ3n) is 2.74. The van der Waals surface area contributed by atoms with E-state index >= 15 is 0 Å². The first kappa shape index (κ1) is 15.4. The molecule has 0 aliphatic heterocycles. The molecule has 4 nitrogen and oxygen atoms in total. The Labute approximate surface area is 131 Å². The molecule has 0 aliphatic carbocycles. The number of halogens is 1. The lowest BCUT2D eigenvalue weighted by atomic mass is 10.2. The van der Waals surface area contributed by atoms with Gasteiger partial charge in [-0.1, -0.05) is 0 Å². The van der Waals surface area contributed by atoms with Gasteiger partial charge in [0.1, 0.15) is 17.2 Å². The number of esters is 1. The maximum Gasteiger partial charge on any atom is 0.343 e. The van der Waals surface area contributed by atoms with E-state index in [4.69, 9.17) is 14.2 Å². The van der Waals surface area contributed by atoms with Crippen LogP contribution >= 0.6 is 15.9 Å². The van der Waals surface area contributed by atoms with E-state index in [1.807, 2.05) is 6.92 Å². The third kappa shape index (κ3) is 3.98. The van der Waals surface area contributed by atoms with Crippen molar-refractivity contribution >= 4 is 21.9 Å². The largest absolute Gasteiger partial charge is 0.497 e. The second kappa shape index (κ2) is 7.13. The zero-order valence-electron chi connectivity index (χ0n) is 11.8. The summed E-state index contributed by atoms with van der Waals surface area (Å²) in [7, 11) is 1.58. The number of hydrogen-bond acceptors (Lipinski definition) is 4. The highest BCUT2D eigenvalue weighted by Crippen LogP contribution is 2.27. The molecule has 0 spiro atoms. The number of carbonyl (C=O) groups is 1. The highest BCUT2D eigenvalue weighted by Gasteiger charge is 2.11. The van der Waals surface area contributed by atoms with Gasteiger partial charge in [-0.3, -0.25) is 0 Å². The molecule has 0 radical (unpaired) electrons. The van der Waals surface area contributed by atoms with Crippen molar-refractivity contribution in [1.82, 2.24) is 0 Å². The topological polar surface area (TPSA) is 44.8 Å². The molecule has 0 saturated heterocycles. The van der Waals surface area contributed by atoms with Crippen LogP contribution in [-0.4, -0.2) is 19.7 Å². The first-order valence-corrected chi connectivity index (χ1v) is 7.22. The van der Waals surface area contributed by atoms with E-state index in [0.29, 0.717) is 33.9 Å². The molecule has 0 aliphatic rings. The fourth-order valence-corrected chi connectivity index (χ4v) is 2.20. The van der Waals surface area contributed by atoms with Crippen LogP contribution in [0.1, 0.15) is 17.3 Å². The van der Waals surface area contributed by atoms with Crippen LogP contribution in [0.25, 0.3) is 0 Å². The molecule has 0 fully saturated rings. The number of benzene rings is 2. The van der Waals surface area contributed by atoms with Crippen molar-refractivity contribution in [1.29, 1.82) is 0 Å². The van der Waals surface area contributed by atoms with Gasteiger partial charge in [0.25, 0.3) is 0 Å². The number of ether oxygens (including phenoxy) is 3. The molecule has 0 atom stereocenters. The molecule has 0 bridgehead atoms. The number of methoxy groups -OCH3 is 1. The predicted molar refractivity (Wildman–Crippen MR) is 83.3 cm³/mol. The van der Waals surface area contributed by atoms with Crippen LogP contribution in [0.15, 0.2) is 46.9 Å². The van der Waals surface area contributed by atoms with E-state index in [2.05, 4.69) is 15.9 Å². The Morgan fingerprint density at radius 3 is 2.33 bits per heavy atom. The summed E-state index contributed by atoms with van der Waals surface area (Å²) in [6, 6.07) is 11.9. The summed E-state index contributed by atoms with van der Waals surface area (Å²) in [5.41, 5.74) is 0.446. The smallest absolute Gasteiger partial charge is 0.343 e. The number of hydrogen-bond donors (Lipinski definition) is 0. The Morgan fingerprint density at radius 2 is 1.76 bits per heavy atom. The molecular weight excluding hydrogens is 336 g/mol. The second-order valence-corrected chi connectivity index (χ2v) is 5.00. The molecule has 0 aromatic heterocycles. The lowest BCUT2D eigenvalue weighted by Gasteiger charge is -2.08. The standard InChI is InChI=1S/C16H15BrO4/c1-3-20-15-9-4-11(10-14(15)17)16(18)21-13-7-5-12(19-2)6-8-13/h4-10H,3H2,1-2H3. The molecule has 2 rings (SSSR count). The fraction of sp³-hybridized carbons (Fsp3) is 0.188. The van der Waals surface area contributed by atoms with Gasteiger partial charge in [-0.15, -0.1) is 0 Å². The van der Waals surface area contributed by atoms with E-state index in [0.717, 1.165) is 0 Å². The average Bonchev–Trinajstić information content (AvgIpc) is 2.50. The van der Waals surface area contributed by atoms with Gasteiger partial charge in [0, 0.05) is 0 Å². The molecule has 0 N–H and O–H groups in total. The van der Waals surface area contributed by atoms with E-state index in [1.54, 1.807) is 49.6 Å². The molecule has 0 amide bonds. The van der Waals surface area contributed by atoms with Crippen molar-refractivity contribution < 1.29 is 19.0 Å². The van der Waals surface area contributed by atoms with Gasteiger partial charge in [0.15, 0.2) is 0 Å². The molecule has 5 heteroatoms. The van der Waals surface area contributed by atoms with Gasteiger partial charge >= 0.3 is 5.97 Å². The van der Waals surface area contributed by atoms with Crippen LogP contribution in [-0.2, 0) is 0 Å². The maximum absolute atomic E-state index is 12.1.